The van der Waals surface area contributed by atoms with Gasteiger partial charge in [-0.15, -0.1) is 0 Å². The monoisotopic (exact) mass is 266 g/mol. The van der Waals surface area contributed by atoms with E-state index in [2.05, 4.69) is 20.9 Å². The highest BCUT2D eigenvalue weighted by Gasteiger charge is 2.09. The van der Waals surface area contributed by atoms with Gasteiger partial charge in [0.25, 0.3) is 0 Å². The number of aromatic nitrogens is 1. The van der Waals surface area contributed by atoms with E-state index in [0.717, 1.165) is 22.2 Å². The molecule has 0 aliphatic heterocycles. The Hall–Kier alpha value is -1.13. The Kier molecular flexibility index (Phi) is 3.18. The molecule has 0 amide bonds. The summed E-state index contributed by atoms with van der Waals surface area (Å²) in [5, 5.41) is 0. The molecule has 0 saturated carbocycles. The van der Waals surface area contributed by atoms with Gasteiger partial charge < -0.3 is 10.2 Å². The number of nitrogens with zero attached hydrogens (tertiary/aromatic N) is 1. The molecule has 0 spiro atoms. The number of rotatable bonds is 3. The predicted octanol–water partition coefficient (Wildman–Crippen LogP) is 2.68. The molecule has 1 unspecified atom stereocenters. The first kappa shape index (κ1) is 10.4. The molecule has 78 valence electrons. The summed E-state index contributed by atoms with van der Waals surface area (Å²) in [6.45, 7) is 0. The van der Waals surface area contributed by atoms with Crippen LogP contribution in [0.1, 0.15) is 17.4 Å². The van der Waals surface area contributed by atoms with Crippen molar-refractivity contribution >= 4 is 15.9 Å². The lowest BCUT2D eigenvalue weighted by Crippen LogP contribution is -2.12. The number of pyridine rings is 1. The molecule has 2 aromatic rings. The number of nitrogens with two attached hydrogens (primary N) is 1. The van der Waals surface area contributed by atoms with Crippen molar-refractivity contribution in [2.24, 2.45) is 5.73 Å². The van der Waals surface area contributed by atoms with Crippen LogP contribution in [0.25, 0.3) is 0 Å². The minimum atomic E-state index is -0.115. The largest absolute Gasteiger partial charge is 0.468 e. The lowest BCUT2D eigenvalue weighted by Gasteiger charge is -2.08. The smallest absolute Gasteiger partial charge is 0.120 e. The highest BCUT2D eigenvalue weighted by atomic mass is 79.9. The van der Waals surface area contributed by atoms with Crippen molar-refractivity contribution in [2.45, 2.75) is 12.5 Å². The molecule has 0 aromatic carbocycles. The molecule has 2 aromatic heterocycles. The molecule has 0 aliphatic carbocycles. The average Bonchev–Trinajstić information content (AvgIpc) is 2.70. The Balaban J connectivity index is 2.09. The minimum absolute atomic E-state index is 0.115. The van der Waals surface area contributed by atoms with Gasteiger partial charge in [-0.2, -0.15) is 0 Å². The maximum Gasteiger partial charge on any atom is 0.120 e. The van der Waals surface area contributed by atoms with E-state index in [1.807, 2.05) is 24.4 Å². The third-order valence-corrected chi connectivity index (χ3v) is 2.56. The standard InChI is InChI=1S/C11H11BrN2O/c12-9-4-8(6-14-7-9)5-10(13)11-2-1-3-15-11/h1-4,6-7,10H,5,13H2. The van der Waals surface area contributed by atoms with Crippen LogP contribution >= 0.6 is 15.9 Å². The maximum atomic E-state index is 5.98. The average molecular weight is 267 g/mol. The first-order chi connectivity index (χ1) is 7.25. The van der Waals surface area contributed by atoms with Crippen LogP contribution in [0.15, 0.2) is 45.7 Å². The van der Waals surface area contributed by atoms with Crippen LogP contribution in [-0.4, -0.2) is 4.98 Å². The van der Waals surface area contributed by atoms with Gasteiger partial charge in [0.05, 0.1) is 12.3 Å². The molecule has 4 heteroatoms. The highest BCUT2D eigenvalue weighted by molar-refractivity contribution is 9.10. The molecule has 2 heterocycles. The van der Waals surface area contributed by atoms with E-state index < -0.39 is 0 Å². The summed E-state index contributed by atoms with van der Waals surface area (Å²) < 4.78 is 6.21. The van der Waals surface area contributed by atoms with Gasteiger partial charge in [-0.05, 0) is 46.1 Å². The summed E-state index contributed by atoms with van der Waals surface area (Å²) >= 11 is 3.37. The van der Waals surface area contributed by atoms with E-state index in [0.29, 0.717) is 0 Å². The number of hydrogen-bond donors (Lipinski definition) is 1. The lowest BCUT2D eigenvalue weighted by molar-refractivity contribution is 0.464. The van der Waals surface area contributed by atoms with Crippen LogP contribution < -0.4 is 5.73 Å². The van der Waals surface area contributed by atoms with Gasteiger partial charge in [-0.25, -0.2) is 0 Å². The first-order valence-electron chi connectivity index (χ1n) is 4.64. The Morgan fingerprint density at radius 2 is 2.33 bits per heavy atom. The van der Waals surface area contributed by atoms with Crippen LogP contribution in [0.5, 0.6) is 0 Å². The lowest BCUT2D eigenvalue weighted by atomic mass is 10.1. The molecular formula is C11H11BrN2O. The second-order valence-corrected chi connectivity index (χ2v) is 4.25. The molecule has 2 N–H and O–H groups in total. The fourth-order valence-electron chi connectivity index (χ4n) is 1.42. The van der Waals surface area contributed by atoms with Crippen molar-refractivity contribution in [2.75, 3.05) is 0 Å². The molecule has 2 rings (SSSR count). The molecule has 15 heavy (non-hydrogen) atoms. The predicted molar refractivity (Wildman–Crippen MR) is 61.3 cm³/mol. The first-order valence-corrected chi connectivity index (χ1v) is 5.43. The van der Waals surface area contributed by atoms with Gasteiger partial charge in [-0.3, -0.25) is 4.98 Å². The molecule has 0 fully saturated rings. The van der Waals surface area contributed by atoms with Crippen molar-refractivity contribution in [3.63, 3.8) is 0 Å². The van der Waals surface area contributed by atoms with Gasteiger partial charge in [-0.1, -0.05) is 0 Å². The Morgan fingerprint density at radius 3 is 3.00 bits per heavy atom. The fourth-order valence-corrected chi connectivity index (χ4v) is 1.84. The van der Waals surface area contributed by atoms with E-state index in [4.69, 9.17) is 10.2 Å². The fraction of sp³-hybridized carbons (Fsp3) is 0.182. The van der Waals surface area contributed by atoms with Gasteiger partial charge in [0, 0.05) is 16.9 Å². The maximum absolute atomic E-state index is 5.98. The van der Waals surface area contributed by atoms with Crippen molar-refractivity contribution in [1.82, 2.24) is 4.98 Å². The van der Waals surface area contributed by atoms with E-state index in [1.54, 1.807) is 12.5 Å². The number of furan rings is 1. The van der Waals surface area contributed by atoms with Crippen molar-refractivity contribution < 1.29 is 4.42 Å². The van der Waals surface area contributed by atoms with Crippen LogP contribution in [0, 0.1) is 0 Å². The Morgan fingerprint density at radius 1 is 1.47 bits per heavy atom. The van der Waals surface area contributed by atoms with Crippen molar-refractivity contribution in [1.29, 1.82) is 0 Å². The summed E-state index contributed by atoms with van der Waals surface area (Å²) in [4.78, 5) is 4.09. The van der Waals surface area contributed by atoms with E-state index in [-0.39, 0.29) is 6.04 Å². The molecule has 0 bridgehead atoms. The normalized spacial score (nSPS) is 12.7. The van der Waals surface area contributed by atoms with E-state index in [1.165, 1.54) is 0 Å². The third-order valence-electron chi connectivity index (χ3n) is 2.13. The molecule has 1 atom stereocenters. The Labute approximate surface area is 96.4 Å². The van der Waals surface area contributed by atoms with Crippen LogP contribution in [0.3, 0.4) is 0 Å². The zero-order chi connectivity index (χ0) is 10.7. The summed E-state index contributed by atoms with van der Waals surface area (Å²) in [5.74, 6) is 0.801. The number of halogens is 1. The second kappa shape index (κ2) is 4.59. The highest BCUT2D eigenvalue weighted by Crippen LogP contribution is 2.18. The number of hydrogen-bond acceptors (Lipinski definition) is 3. The topological polar surface area (TPSA) is 52.0 Å². The molecule has 0 radical (unpaired) electrons. The van der Waals surface area contributed by atoms with Crippen LogP contribution in [0.4, 0.5) is 0 Å². The second-order valence-electron chi connectivity index (χ2n) is 3.34. The quantitative estimate of drug-likeness (QED) is 0.930. The summed E-state index contributed by atoms with van der Waals surface area (Å²) in [6, 6.07) is 5.62. The zero-order valence-electron chi connectivity index (χ0n) is 8.06. The van der Waals surface area contributed by atoms with E-state index >= 15 is 0 Å². The van der Waals surface area contributed by atoms with Crippen molar-refractivity contribution in [3.05, 3.63) is 52.7 Å². The summed E-state index contributed by atoms with van der Waals surface area (Å²) in [6.07, 6.45) is 5.92. The van der Waals surface area contributed by atoms with Gasteiger partial charge in [0.15, 0.2) is 0 Å². The molecule has 3 nitrogen and oxygen atoms in total. The molecule has 0 aliphatic rings. The molecular weight excluding hydrogens is 256 g/mol. The third kappa shape index (κ3) is 2.67. The SMILES string of the molecule is NC(Cc1cncc(Br)c1)c1ccco1. The van der Waals surface area contributed by atoms with Gasteiger partial charge in [0.2, 0.25) is 0 Å². The van der Waals surface area contributed by atoms with Gasteiger partial charge in [0.1, 0.15) is 5.76 Å². The van der Waals surface area contributed by atoms with E-state index in [9.17, 15) is 0 Å². The van der Waals surface area contributed by atoms with Gasteiger partial charge >= 0.3 is 0 Å². The van der Waals surface area contributed by atoms with Crippen molar-refractivity contribution in [3.8, 4) is 0 Å². The summed E-state index contributed by atoms with van der Waals surface area (Å²) in [5.41, 5.74) is 7.08. The van der Waals surface area contributed by atoms with Crippen LogP contribution in [-0.2, 0) is 6.42 Å². The zero-order valence-corrected chi connectivity index (χ0v) is 9.65. The minimum Gasteiger partial charge on any atom is -0.468 e. The van der Waals surface area contributed by atoms with Crippen LogP contribution in [0.2, 0.25) is 0 Å². The summed E-state index contributed by atoms with van der Waals surface area (Å²) in [7, 11) is 0. The molecule has 0 saturated heterocycles. The Bertz CT molecular complexity index is 428.